The molecule has 0 atom stereocenters. The van der Waals surface area contributed by atoms with Crippen molar-refractivity contribution in [3.05, 3.63) is 46.6 Å². The van der Waals surface area contributed by atoms with E-state index in [1.165, 1.54) is 6.33 Å². The molecule has 0 aliphatic rings. The molecule has 0 radical (unpaired) electrons. The lowest BCUT2D eigenvalue weighted by Crippen LogP contribution is -2.02. The summed E-state index contributed by atoms with van der Waals surface area (Å²) in [6.07, 6.45) is 6.88. The molecule has 0 saturated carbocycles. The molecule has 16 heavy (non-hydrogen) atoms. The van der Waals surface area contributed by atoms with E-state index in [1.807, 2.05) is 13.0 Å². The van der Waals surface area contributed by atoms with E-state index in [0.29, 0.717) is 6.54 Å². The molecule has 0 spiro atoms. The molecule has 0 aromatic carbocycles. The van der Waals surface area contributed by atoms with Gasteiger partial charge in [0, 0.05) is 35.2 Å². The molecule has 0 aliphatic heterocycles. The van der Waals surface area contributed by atoms with E-state index in [-0.39, 0.29) is 0 Å². The van der Waals surface area contributed by atoms with Crippen molar-refractivity contribution in [1.29, 1.82) is 0 Å². The largest absolute Gasteiger partial charge is 0.366 e. The molecule has 0 bridgehead atoms. The maximum Gasteiger partial charge on any atom is 0.126 e. The van der Waals surface area contributed by atoms with Crippen molar-refractivity contribution in [3.8, 4) is 0 Å². The van der Waals surface area contributed by atoms with E-state index < -0.39 is 0 Å². The first-order chi connectivity index (χ1) is 7.75. The fourth-order valence-corrected chi connectivity index (χ4v) is 1.47. The summed E-state index contributed by atoms with van der Waals surface area (Å²) in [6.45, 7) is 2.71. The molecular formula is C11H11BrN4. The van der Waals surface area contributed by atoms with Crippen LogP contribution in [0.25, 0.3) is 0 Å². The number of aryl methyl sites for hydroxylation is 1. The van der Waals surface area contributed by atoms with E-state index in [1.54, 1.807) is 18.6 Å². The number of hydrogen-bond acceptors (Lipinski definition) is 4. The van der Waals surface area contributed by atoms with Gasteiger partial charge in [0.15, 0.2) is 0 Å². The highest BCUT2D eigenvalue weighted by Gasteiger charge is 1.99. The minimum absolute atomic E-state index is 0.676. The van der Waals surface area contributed by atoms with Crippen LogP contribution in [-0.2, 0) is 6.54 Å². The Labute approximate surface area is 102 Å². The number of pyridine rings is 1. The van der Waals surface area contributed by atoms with Gasteiger partial charge in [-0.05, 0) is 34.5 Å². The molecule has 2 rings (SSSR count). The molecule has 0 saturated heterocycles. The van der Waals surface area contributed by atoms with Gasteiger partial charge >= 0.3 is 0 Å². The number of hydrogen-bond donors (Lipinski definition) is 1. The molecule has 1 N–H and O–H groups in total. The first kappa shape index (κ1) is 11.0. The fourth-order valence-electron chi connectivity index (χ4n) is 1.25. The van der Waals surface area contributed by atoms with Crippen molar-refractivity contribution >= 4 is 21.7 Å². The number of nitrogens with one attached hydrogen (secondary N) is 1. The summed E-state index contributed by atoms with van der Waals surface area (Å²) in [4.78, 5) is 12.2. The SMILES string of the molecule is Cc1cc(NCc2cncnc2)ncc1Br. The Hall–Kier alpha value is -1.49. The summed E-state index contributed by atoms with van der Waals surface area (Å²) >= 11 is 3.42. The summed E-state index contributed by atoms with van der Waals surface area (Å²) in [5, 5.41) is 3.22. The van der Waals surface area contributed by atoms with Crippen molar-refractivity contribution in [2.75, 3.05) is 5.32 Å². The van der Waals surface area contributed by atoms with E-state index in [9.17, 15) is 0 Å². The van der Waals surface area contributed by atoms with Crippen LogP contribution in [0.1, 0.15) is 11.1 Å². The summed E-state index contributed by atoms with van der Waals surface area (Å²) in [7, 11) is 0. The van der Waals surface area contributed by atoms with Gasteiger partial charge in [-0.25, -0.2) is 15.0 Å². The molecule has 2 aromatic heterocycles. The third-order valence-corrected chi connectivity index (χ3v) is 2.96. The molecule has 4 nitrogen and oxygen atoms in total. The maximum absolute atomic E-state index is 4.26. The zero-order chi connectivity index (χ0) is 11.4. The molecule has 0 fully saturated rings. The number of halogens is 1. The van der Waals surface area contributed by atoms with Crippen molar-refractivity contribution in [2.45, 2.75) is 13.5 Å². The second-order valence-corrected chi connectivity index (χ2v) is 4.27. The van der Waals surface area contributed by atoms with Crippen LogP contribution in [0, 0.1) is 6.92 Å². The summed E-state index contributed by atoms with van der Waals surface area (Å²) < 4.78 is 1.01. The number of rotatable bonds is 3. The van der Waals surface area contributed by atoms with Crippen LogP contribution in [0.2, 0.25) is 0 Å². The average molecular weight is 279 g/mol. The molecule has 0 amide bonds. The Bertz CT molecular complexity index is 473. The van der Waals surface area contributed by atoms with E-state index in [2.05, 4.69) is 36.2 Å². The van der Waals surface area contributed by atoms with Gasteiger partial charge in [0.2, 0.25) is 0 Å². The van der Waals surface area contributed by atoms with Crippen LogP contribution in [0.3, 0.4) is 0 Å². The van der Waals surface area contributed by atoms with Gasteiger partial charge in [0.25, 0.3) is 0 Å². The summed E-state index contributed by atoms with van der Waals surface area (Å²) in [5.41, 5.74) is 2.19. The molecule has 0 unspecified atom stereocenters. The summed E-state index contributed by atoms with van der Waals surface area (Å²) in [6, 6.07) is 1.99. The van der Waals surface area contributed by atoms with Gasteiger partial charge in [0.05, 0.1) is 0 Å². The molecule has 2 heterocycles. The standard InChI is InChI=1S/C11H11BrN4/c1-8-2-11(16-6-10(8)12)15-5-9-3-13-7-14-4-9/h2-4,6-7H,5H2,1H3,(H,15,16). The normalized spacial score (nSPS) is 10.1. The Morgan fingerprint density at radius 2 is 2.00 bits per heavy atom. The first-order valence-corrected chi connectivity index (χ1v) is 5.65. The van der Waals surface area contributed by atoms with Gasteiger partial charge in [-0.1, -0.05) is 0 Å². The van der Waals surface area contributed by atoms with Crippen LogP contribution < -0.4 is 5.32 Å². The lowest BCUT2D eigenvalue weighted by Gasteiger charge is -2.06. The van der Waals surface area contributed by atoms with Crippen molar-refractivity contribution < 1.29 is 0 Å². The molecule has 5 heteroatoms. The number of nitrogens with zero attached hydrogens (tertiary/aromatic N) is 3. The quantitative estimate of drug-likeness (QED) is 0.938. The zero-order valence-electron chi connectivity index (χ0n) is 8.81. The Balaban J connectivity index is 2.03. The van der Waals surface area contributed by atoms with Gasteiger partial charge < -0.3 is 5.32 Å². The van der Waals surface area contributed by atoms with Gasteiger partial charge in [0.1, 0.15) is 12.1 Å². The van der Waals surface area contributed by atoms with Gasteiger partial charge in [-0.3, -0.25) is 0 Å². The topological polar surface area (TPSA) is 50.7 Å². The smallest absolute Gasteiger partial charge is 0.126 e. The summed E-state index contributed by atoms with van der Waals surface area (Å²) in [5.74, 6) is 0.851. The molecule has 2 aromatic rings. The van der Waals surface area contributed by atoms with Crippen molar-refractivity contribution in [3.63, 3.8) is 0 Å². The minimum Gasteiger partial charge on any atom is -0.366 e. The highest BCUT2D eigenvalue weighted by molar-refractivity contribution is 9.10. The Morgan fingerprint density at radius 1 is 1.25 bits per heavy atom. The lowest BCUT2D eigenvalue weighted by atomic mass is 10.3. The molecular weight excluding hydrogens is 268 g/mol. The highest BCUT2D eigenvalue weighted by Crippen LogP contribution is 2.17. The lowest BCUT2D eigenvalue weighted by molar-refractivity contribution is 1.04. The number of anilines is 1. The predicted molar refractivity (Wildman–Crippen MR) is 66.0 cm³/mol. The van der Waals surface area contributed by atoms with Crippen molar-refractivity contribution in [1.82, 2.24) is 15.0 Å². The van der Waals surface area contributed by atoms with Crippen LogP contribution >= 0.6 is 15.9 Å². The Morgan fingerprint density at radius 3 is 2.69 bits per heavy atom. The van der Waals surface area contributed by atoms with Crippen LogP contribution in [0.4, 0.5) is 5.82 Å². The van der Waals surface area contributed by atoms with E-state index in [0.717, 1.165) is 21.4 Å². The van der Waals surface area contributed by atoms with Crippen LogP contribution in [0.5, 0.6) is 0 Å². The average Bonchev–Trinajstić information content (AvgIpc) is 2.32. The van der Waals surface area contributed by atoms with Gasteiger partial charge in [-0.2, -0.15) is 0 Å². The first-order valence-electron chi connectivity index (χ1n) is 4.85. The van der Waals surface area contributed by atoms with Crippen LogP contribution in [0.15, 0.2) is 35.5 Å². The third-order valence-electron chi connectivity index (χ3n) is 2.13. The predicted octanol–water partition coefficient (Wildman–Crippen LogP) is 2.55. The minimum atomic E-state index is 0.676. The second-order valence-electron chi connectivity index (χ2n) is 3.42. The molecule has 82 valence electrons. The zero-order valence-corrected chi connectivity index (χ0v) is 10.4. The number of aromatic nitrogens is 3. The Kier molecular flexibility index (Phi) is 3.46. The van der Waals surface area contributed by atoms with Gasteiger partial charge in [-0.15, -0.1) is 0 Å². The van der Waals surface area contributed by atoms with Crippen molar-refractivity contribution in [2.24, 2.45) is 0 Å². The maximum atomic E-state index is 4.26. The molecule has 0 aliphatic carbocycles. The van der Waals surface area contributed by atoms with E-state index in [4.69, 9.17) is 0 Å². The van der Waals surface area contributed by atoms with Crippen LogP contribution in [-0.4, -0.2) is 15.0 Å². The fraction of sp³-hybridized carbons (Fsp3) is 0.182. The third kappa shape index (κ3) is 2.76. The second kappa shape index (κ2) is 5.03. The highest BCUT2D eigenvalue weighted by atomic mass is 79.9. The monoisotopic (exact) mass is 278 g/mol. The van der Waals surface area contributed by atoms with E-state index >= 15 is 0 Å².